The van der Waals surface area contributed by atoms with E-state index in [1.807, 2.05) is 18.2 Å². The van der Waals surface area contributed by atoms with Crippen LogP contribution in [0.1, 0.15) is 31.7 Å². The van der Waals surface area contributed by atoms with Gasteiger partial charge in [0.05, 0.1) is 4.92 Å². The molecule has 0 aliphatic carbocycles. The molecule has 4 aromatic rings. The van der Waals surface area contributed by atoms with Crippen LogP contribution in [0.25, 0.3) is 22.6 Å². The van der Waals surface area contributed by atoms with Crippen LogP contribution in [0.2, 0.25) is 0 Å². The van der Waals surface area contributed by atoms with E-state index in [0.29, 0.717) is 28.6 Å². The van der Waals surface area contributed by atoms with Gasteiger partial charge in [0.2, 0.25) is 5.89 Å². The van der Waals surface area contributed by atoms with E-state index in [-0.39, 0.29) is 18.0 Å². The molecule has 3 aromatic carbocycles. The summed E-state index contributed by atoms with van der Waals surface area (Å²) < 4.78 is 11.3. The van der Waals surface area contributed by atoms with E-state index in [4.69, 9.17) is 9.15 Å². The Morgan fingerprint density at radius 2 is 1.97 bits per heavy atom. The minimum Gasteiger partial charge on any atom is -0.477 e. The molecule has 0 fully saturated rings. The number of nitrogens with zero attached hydrogens (tertiary/aromatic N) is 2. The van der Waals surface area contributed by atoms with E-state index in [1.54, 1.807) is 24.3 Å². The maximum absolute atomic E-state index is 12.3. The Bertz CT molecular complexity index is 1310. The van der Waals surface area contributed by atoms with Gasteiger partial charge in [-0.15, -0.1) is 0 Å². The fraction of sp³-hybridized carbons (Fsp3) is 0.200. The van der Waals surface area contributed by atoms with Crippen LogP contribution in [0.5, 0.6) is 5.75 Å². The number of carbonyl (C=O) groups is 1. The number of benzene rings is 3. The standard InChI is InChI=1S/C25H23N3O5/c1-3-16(2)17-11-12-22-20(14-17)27-25(33-22)18-7-6-8-19(13-18)26-24(29)15-32-23-10-5-4-9-21(23)28(30)31/h4-14,16H,3,15H2,1-2H3,(H,26,29). The molecule has 33 heavy (non-hydrogen) atoms. The molecule has 8 nitrogen and oxygen atoms in total. The van der Waals surface area contributed by atoms with E-state index in [0.717, 1.165) is 11.9 Å². The summed E-state index contributed by atoms with van der Waals surface area (Å²) in [6, 6.07) is 19.1. The molecule has 0 bridgehead atoms. The zero-order valence-electron chi connectivity index (χ0n) is 18.3. The molecule has 0 saturated heterocycles. The van der Waals surface area contributed by atoms with Gasteiger partial charge in [-0.25, -0.2) is 4.98 Å². The van der Waals surface area contributed by atoms with Crippen molar-refractivity contribution in [1.82, 2.24) is 4.98 Å². The number of rotatable bonds is 8. The maximum Gasteiger partial charge on any atom is 0.310 e. The molecule has 0 aliphatic rings. The lowest BCUT2D eigenvalue weighted by Gasteiger charge is -2.08. The van der Waals surface area contributed by atoms with E-state index in [1.165, 1.54) is 23.8 Å². The first-order valence-electron chi connectivity index (χ1n) is 10.6. The Morgan fingerprint density at radius 3 is 2.76 bits per heavy atom. The third-order valence-corrected chi connectivity index (χ3v) is 5.41. The summed E-state index contributed by atoms with van der Waals surface area (Å²) in [4.78, 5) is 27.5. The number of nitro benzene ring substituents is 1. The van der Waals surface area contributed by atoms with Crippen molar-refractivity contribution in [2.24, 2.45) is 0 Å². The molecular formula is C25H23N3O5. The second kappa shape index (κ2) is 9.52. The molecule has 1 atom stereocenters. The zero-order valence-corrected chi connectivity index (χ0v) is 18.3. The third-order valence-electron chi connectivity index (χ3n) is 5.41. The van der Waals surface area contributed by atoms with Gasteiger partial charge >= 0.3 is 5.69 Å². The highest BCUT2D eigenvalue weighted by Gasteiger charge is 2.16. The topological polar surface area (TPSA) is 108 Å². The lowest BCUT2D eigenvalue weighted by Crippen LogP contribution is -2.20. The van der Waals surface area contributed by atoms with Crippen molar-refractivity contribution < 1.29 is 18.9 Å². The molecule has 8 heteroatoms. The van der Waals surface area contributed by atoms with Crippen LogP contribution >= 0.6 is 0 Å². The van der Waals surface area contributed by atoms with Crippen molar-refractivity contribution in [1.29, 1.82) is 0 Å². The molecule has 1 heterocycles. The van der Waals surface area contributed by atoms with Gasteiger partial charge in [0.25, 0.3) is 5.91 Å². The predicted molar refractivity (Wildman–Crippen MR) is 125 cm³/mol. The highest BCUT2D eigenvalue weighted by Crippen LogP contribution is 2.29. The fourth-order valence-corrected chi connectivity index (χ4v) is 3.41. The molecule has 0 spiro atoms. The molecule has 1 aromatic heterocycles. The highest BCUT2D eigenvalue weighted by atomic mass is 16.6. The van der Waals surface area contributed by atoms with Crippen LogP contribution in [0.3, 0.4) is 0 Å². The Hall–Kier alpha value is -4.20. The second-order valence-electron chi connectivity index (χ2n) is 7.70. The molecule has 1 N–H and O–H groups in total. The number of oxazole rings is 1. The first-order valence-corrected chi connectivity index (χ1v) is 10.6. The molecule has 1 unspecified atom stereocenters. The van der Waals surface area contributed by atoms with Crippen LogP contribution in [0.15, 0.2) is 71.1 Å². The molecule has 1 amide bonds. The van der Waals surface area contributed by atoms with E-state index < -0.39 is 10.8 Å². The van der Waals surface area contributed by atoms with Gasteiger partial charge in [-0.05, 0) is 54.3 Å². The monoisotopic (exact) mass is 445 g/mol. The molecule has 168 valence electrons. The number of anilines is 1. The summed E-state index contributed by atoms with van der Waals surface area (Å²) in [6.45, 7) is 3.96. The van der Waals surface area contributed by atoms with Gasteiger partial charge in [-0.3, -0.25) is 14.9 Å². The first kappa shape index (κ1) is 22.0. The van der Waals surface area contributed by atoms with Crippen molar-refractivity contribution in [3.05, 3.63) is 82.4 Å². The van der Waals surface area contributed by atoms with Gasteiger partial charge in [0.15, 0.2) is 17.9 Å². The average Bonchev–Trinajstić information content (AvgIpc) is 3.26. The van der Waals surface area contributed by atoms with E-state index >= 15 is 0 Å². The summed E-state index contributed by atoms with van der Waals surface area (Å²) >= 11 is 0. The molecular weight excluding hydrogens is 422 g/mol. The van der Waals surface area contributed by atoms with Crippen molar-refractivity contribution in [3.8, 4) is 17.2 Å². The summed E-state index contributed by atoms with van der Waals surface area (Å²) in [5.41, 5.74) is 3.75. The normalized spacial score (nSPS) is 11.8. The number of hydrogen-bond donors (Lipinski definition) is 1. The summed E-state index contributed by atoms with van der Waals surface area (Å²) in [6.07, 6.45) is 1.04. The van der Waals surface area contributed by atoms with Gasteiger partial charge in [-0.2, -0.15) is 0 Å². The summed E-state index contributed by atoms with van der Waals surface area (Å²) in [5, 5.41) is 13.8. The lowest BCUT2D eigenvalue weighted by atomic mass is 9.98. The first-order chi connectivity index (χ1) is 15.9. The minimum absolute atomic E-state index is 0.0367. The van der Waals surface area contributed by atoms with Crippen LogP contribution in [-0.2, 0) is 4.79 Å². The van der Waals surface area contributed by atoms with E-state index in [2.05, 4.69) is 30.2 Å². The largest absolute Gasteiger partial charge is 0.477 e. The number of nitrogens with one attached hydrogen (secondary N) is 1. The quantitative estimate of drug-likeness (QED) is 0.266. The third kappa shape index (κ3) is 5.01. The second-order valence-corrected chi connectivity index (χ2v) is 7.70. The highest BCUT2D eigenvalue weighted by molar-refractivity contribution is 5.92. The van der Waals surface area contributed by atoms with E-state index in [9.17, 15) is 14.9 Å². The Balaban J connectivity index is 1.47. The van der Waals surface area contributed by atoms with Crippen molar-refractivity contribution >= 4 is 28.4 Å². The SMILES string of the molecule is CCC(C)c1ccc2oc(-c3cccc(NC(=O)COc4ccccc4[N+](=O)[O-])c3)nc2c1. The predicted octanol–water partition coefficient (Wildman–Crippen LogP) is 5.93. The van der Waals surface area contributed by atoms with Crippen LogP contribution < -0.4 is 10.1 Å². The molecule has 0 aliphatic heterocycles. The number of para-hydroxylation sites is 2. The smallest absolute Gasteiger partial charge is 0.310 e. The fourth-order valence-electron chi connectivity index (χ4n) is 3.41. The Labute approximate surface area is 190 Å². The average molecular weight is 445 g/mol. The maximum atomic E-state index is 12.3. The number of carbonyl (C=O) groups excluding carboxylic acids is 1. The number of ether oxygens (including phenoxy) is 1. The van der Waals surface area contributed by atoms with Crippen molar-refractivity contribution in [2.45, 2.75) is 26.2 Å². The van der Waals surface area contributed by atoms with Crippen LogP contribution in [-0.4, -0.2) is 22.4 Å². The van der Waals surface area contributed by atoms with Gasteiger partial charge in [-0.1, -0.05) is 38.1 Å². The minimum atomic E-state index is -0.553. The molecule has 4 rings (SSSR count). The zero-order chi connectivity index (χ0) is 23.4. The van der Waals surface area contributed by atoms with Gasteiger partial charge in [0, 0.05) is 17.3 Å². The van der Waals surface area contributed by atoms with Gasteiger partial charge in [0.1, 0.15) is 5.52 Å². The number of aromatic nitrogens is 1. The van der Waals surface area contributed by atoms with Gasteiger partial charge < -0.3 is 14.5 Å². The number of fused-ring (bicyclic) bond motifs is 1. The van der Waals surface area contributed by atoms with Crippen LogP contribution in [0, 0.1) is 10.1 Å². The summed E-state index contributed by atoms with van der Waals surface area (Å²) in [7, 11) is 0. The van der Waals surface area contributed by atoms with Crippen molar-refractivity contribution in [2.75, 3.05) is 11.9 Å². The van der Waals surface area contributed by atoms with Crippen molar-refractivity contribution in [3.63, 3.8) is 0 Å². The Morgan fingerprint density at radius 1 is 1.15 bits per heavy atom. The number of hydrogen-bond acceptors (Lipinski definition) is 6. The lowest BCUT2D eigenvalue weighted by molar-refractivity contribution is -0.385. The molecule has 0 saturated carbocycles. The number of nitro groups is 1. The number of amides is 1. The molecule has 0 radical (unpaired) electrons. The van der Waals surface area contributed by atoms with Crippen LogP contribution in [0.4, 0.5) is 11.4 Å². The Kier molecular flexibility index (Phi) is 6.35. The summed E-state index contributed by atoms with van der Waals surface area (Å²) in [5.74, 6) is 0.488.